The number of esters is 1. The monoisotopic (exact) mass is 530 g/mol. The van der Waals surface area contributed by atoms with E-state index in [2.05, 4.69) is 21.3 Å². The van der Waals surface area contributed by atoms with E-state index in [0.717, 1.165) is 5.56 Å². The van der Waals surface area contributed by atoms with E-state index in [-0.39, 0.29) is 37.5 Å². The van der Waals surface area contributed by atoms with Crippen molar-refractivity contribution in [3.05, 3.63) is 48.0 Å². The second-order valence-corrected chi connectivity index (χ2v) is 9.28. The fourth-order valence-corrected chi connectivity index (χ4v) is 3.86. The molecule has 0 radical (unpaired) electrons. The average molecular weight is 531 g/mol. The maximum atomic E-state index is 12.7. The summed E-state index contributed by atoms with van der Waals surface area (Å²) in [5.41, 5.74) is 0.810. The Morgan fingerprint density at radius 3 is 2.47 bits per heavy atom. The Hall–Kier alpha value is -3.89. The number of hydrogen-bond acceptors (Lipinski definition) is 7. The third kappa shape index (κ3) is 11.0. The van der Waals surface area contributed by atoms with Crippen LogP contribution in [-0.4, -0.2) is 61.6 Å². The van der Waals surface area contributed by atoms with Gasteiger partial charge >= 0.3 is 12.1 Å². The van der Waals surface area contributed by atoms with E-state index in [9.17, 15) is 24.0 Å². The predicted molar refractivity (Wildman–Crippen MR) is 139 cm³/mol. The van der Waals surface area contributed by atoms with Gasteiger partial charge in [-0.15, -0.1) is 0 Å². The molecule has 38 heavy (non-hydrogen) atoms. The van der Waals surface area contributed by atoms with Crippen molar-refractivity contribution in [2.45, 2.75) is 58.7 Å². The van der Waals surface area contributed by atoms with Gasteiger partial charge in [-0.2, -0.15) is 0 Å². The van der Waals surface area contributed by atoms with Crippen molar-refractivity contribution >= 4 is 29.8 Å². The summed E-state index contributed by atoms with van der Waals surface area (Å²) in [5.74, 6) is -1.99. The summed E-state index contributed by atoms with van der Waals surface area (Å²) in [7, 11) is 0. The third-order valence-electron chi connectivity index (χ3n) is 5.94. The molecule has 4 N–H and O–H groups in total. The SMILES string of the molecule is CCOC(=O)/C=C/C(CCC1CCNC1=O)NC(=O)CNC(=O)C(NC(=O)OCc1ccccc1)C(C)C. The van der Waals surface area contributed by atoms with Crippen LogP contribution in [0.5, 0.6) is 0 Å². The van der Waals surface area contributed by atoms with Crippen molar-refractivity contribution < 1.29 is 33.4 Å². The van der Waals surface area contributed by atoms with E-state index in [4.69, 9.17) is 9.47 Å². The second-order valence-electron chi connectivity index (χ2n) is 9.28. The van der Waals surface area contributed by atoms with E-state index in [0.29, 0.717) is 25.8 Å². The van der Waals surface area contributed by atoms with Crippen LogP contribution in [0.1, 0.15) is 45.6 Å². The van der Waals surface area contributed by atoms with Gasteiger partial charge in [0.25, 0.3) is 0 Å². The van der Waals surface area contributed by atoms with Gasteiger partial charge in [0.1, 0.15) is 12.6 Å². The number of amides is 4. The van der Waals surface area contributed by atoms with Gasteiger partial charge in [-0.05, 0) is 37.7 Å². The van der Waals surface area contributed by atoms with Crippen LogP contribution in [0.4, 0.5) is 4.79 Å². The number of rotatable bonds is 14. The maximum absolute atomic E-state index is 12.7. The molecule has 2 rings (SSSR count). The summed E-state index contributed by atoms with van der Waals surface area (Å²) < 4.78 is 10.1. The minimum absolute atomic E-state index is 0.0220. The first-order valence-corrected chi connectivity index (χ1v) is 12.9. The lowest BCUT2D eigenvalue weighted by Gasteiger charge is -2.22. The number of nitrogens with one attached hydrogen (secondary N) is 4. The van der Waals surface area contributed by atoms with Gasteiger partial charge in [-0.25, -0.2) is 9.59 Å². The molecule has 1 saturated heterocycles. The highest BCUT2D eigenvalue weighted by atomic mass is 16.5. The summed E-state index contributed by atoms with van der Waals surface area (Å²) in [6, 6.07) is 7.69. The van der Waals surface area contributed by atoms with E-state index in [1.165, 1.54) is 12.2 Å². The summed E-state index contributed by atoms with van der Waals surface area (Å²) in [4.78, 5) is 61.1. The molecule has 4 amide bonds. The van der Waals surface area contributed by atoms with Crippen LogP contribution in [0.3, 0.4) is 0 Å². The molecule has 11 nitrogen and oxygen atoms in total. The second kappa shape index (κ2) is 16.1. The first-order chi connectivity index (χ1) is 18.2. The zero-order chi connectivity index (χ0) is 27.9. The van der Waals surface area contributed by atoms with Crippen molar-refractivity contribution in [2.24, 2.45) is 11.8 Å². The topological polar surface area (TPSA) is 152 Å². The summed E-state index contributed by atoms with van der Waals surface area (Å²) in [6.07, 6.45) is 3.69. The molecule has 0 bridgehead atoms. The van der Waals surface area contributed by atoms with E-state index in [1.54, 1.807) is 20.8 Å². The number of alkyl carbamates (subject to hydrolysis) is 1. The molecule has 0 aliphatic carbocycles. The third-order valence-corrected chi connectivity index (χ3v) is 5.94. The number of ether oxygens (including phenoxy) is 2. The Kier molecular flexibility index (Phi) is 12.8. The minimum Gasteiger partial charge on any atom is -0.463 e. The predicted octanol–water partition coefficient (Wildman–Crippen LogP) is 1.57. The van der Waals surface area contributed by atoms with Gasteiger partial charge in [0, 0.05) is 24.6 Å². The fraction of sp³-hybridized carbons (Fsp3) is 0.519. The van der Waals surface area contributed by atoms with E-state index in [1.807, 2.05) is 30.3 Å². The molecule has 0 saturated carbocycles. The van der Waals surface area contributed by atoms with Crippen LogP contribution in [0.25, 0.3) is 0 Å². The summed E-state index contributed by atoms with van der Waals surface area (Å²) in [5, 5.41) is 10.6. The molecule has 3 atom stereocenters. The molecule has 1 fully saturated rings. The Balaban J connectivity index is 1.87. The van der Waals surface area contributed by atoms with Gasteiger partial charge in [-0.1, -0.05) is 50.3 Å². The molecule has 0 spiro atoms. The lowest BCUT2D eigenvalue weighted by atomic mass is 9.98. The molecule has 3 unspecified atom stereocenters. The van der Waals surface area contributed by atoms with Crippen LogP contribution < -0.4 is 21.3 Å². The molecule has 1 aliphatic heterocycles. The lowest BCUT2D eigenvalue weighted by molar-refractivity contribution is -0.137. The zero-order valence-corrected chi connectivity index (χ0v) is 22.2. The highest BCUT2D eigenvalue weighted by molar-refractivity contribution is 5.90. The molecule has 208 valence electrons. The molecule has 1 heterocycles. The summed E-state index contributed by atoms with van der Waals surface area (Å²) in [6.45, 7) is 5.78. The number of hydrogen-bond donors (Lipinski definition) is 4. The van der Waals surface area contributed by atoms with Crippen LogP contribution in [0.2, 0.25) is 0 Å². The van der Waals surface area contributed by atoms with Gasteiger partial charge in [-0.3, -0.25) is 14.4 Å². The van der Waals surface area contributed by atoms with Gasteiger partial charge < -0.3 is 30.7 Å². The van der Waals surface area contributed by atoms with Crippen molar-refractivity contribution in [1.82, 2.24) is 21.3 Å². The van der Waals surface area contributed by atoms with Crippen molar-refractivity contribution in [3.63, 3.8) is 0 Å². The van der Waals surface area contributed by atoms with E-state index >= 15 is 0 Å². The summed E-state index contributed by atoms with van der Waals surface area (Å²) >= 11 is 0. The normalized spacial score (nSPS) is 16.4. The van der Waals surface area contributed by atoms with Crippen LogP contribution in [0.15, 0.2) is 42.5 Å². The Labute approximate surface area is 223 Å². The smallest absolute Gasteiger partial charge is 0.408 e. The minimum atomic E-state index is -0.911. The molecule has 1 aromatic rings. The maximum Gasteiger partial charge on any atom is 0.408 e. The Morgan fingerprint density at radius 2 is 1.84 bits per heavy atom. The molecule has 11 heteroatoms. The largest absolute Gasteiger partial charge is 0.463 e. The van der Waals surface area contributed by atoms with Crippen LogP contribution in [-0.2, 0) is 35.3 Å². The number of carbonyl (C=O) groups excluding carboxylic acids is 5. The number of benzene rings is 1. The van der Waals surface area contributed by atoms with Crippen molar-refractivity contribution in [2.75, 3.05) is 19.7 Å². The van der Waals surface area contributed by atoms with Crippen molar-refractivity contribution in [3.8, 4) is 0 Å². The Morgan fingerprint density at radius 1 is 1.11 bits per heavy atom. The Bertz CT molecular complexity index is 981. The molecular formula is C27H38N4O7. The first kappa shape index (κ1) is 30.3. The fourth-order valence-electron chi connectivity index (χ4n) is 3.86. The molecule has 1 aliphatic rings. The van der Waals surface area contributed by atoms with Gasteiger partial charge in [0.05, 0.1) is 13.2 Å². The zero-order valence-electron chi connectivity index (χ0n) is 22.2. The molecule has 1 aromatic carbocycles. The lowest BCUT2D eigenvalue weighted by Crippen LogP contribution is -2.52. The van der Waals surface area contributed by atoms with Crippen molar-refractivity contribution in [1.29, 1.82) is 0 Å². The average Bonchev–Trinajstić information content (AvgIpc) is 3.31. The quantitative estimate of drug-likeness (QED) is 0.210. The molecule has 0 aromatic heterocycles. The van der Waals surface area contributed by atoms with Crippen LogP contribution >= 0.6 is 0 Å². The van der Waals surface area contributed by atoms with E-state index < -0.39 is 36.0 Å². The molecular weight excluding hydrogens is 492 g/mol. The number of carbonyl (C=O) groups is 5. The first-order valence-electron chi connectivity index (χ1n) is 12.9. The highest BCUT2D eigenvalue weighted by Gasteiger charge is 2.27. The van der Waals surface area contributed by atoms with Gasteiger partial charge in [0.2, 0.25) is 17.7 Å². The van der Waals surface area contributed by atoms with Crippen LogP contribution in [0, 0.1) is 11.8 Å². The highest BCUT2D eigenvalue weighted by Crippen LogP contribution is 2.17. The van der Waals surface area contributed by atoms with Gasteiger partial charge in [0.15, 0.2) is 0 Å². The standard InChI is InChI=1S/C27H38N4O7/c1-4-37-23(33)13-12-21(11-10-20-14-15-28-25(20)34)30-22(32)16-29-26(35)24(18(2)3)31-27(36)38-17-19-8-6-5-7-9-19/h5-9,12-13,18,20-21,24H,4,10-11,14-17H2,1-3H3,(H,28,34)(H,29,35)(H,30,32)(H,31,36)/b13-12+.